The lowest BCUT2D eigenvalue weighted by atomic mass is 10.1. The summed E-state index contributed by atoms with van der Waals surface area (Å²) < 4.78 is 0. The third-order valence-corrected chi connectivity index (χ3v) is 3.64. The molecule has 1 aromatic carbocycles. The molecule has 1 atom stereocenters. The number of amidine groups is 1. The van der Waals surface area contributed by atoms with Crippen LogP contribution in [0.1, 0.15) is 12.0 Å². The van der Waals surface area contributed by atoms with E-state index in [0.29, 0.717) is 13.1 Å². The Hall–Kier alpha value is -2.06. The number of nitrogens with two attached hydrogens (primary N) is 1. The van der Waals surface area contributed by atoms with Crippen molar-refractivity contribution in [3.8, 4) is 0 Å². The van der Waals surface area contributed by atoms with Crippen LogP contribution in [0, 0.1) is 5.92 Å². The molecule has 0 saturated carbocycles. The van der Waals surface area contributed by atoms with Crippen LogP contribution in [0.25, 0.3) is 0 Å². The molecule has 1 saturated heterocycles. The molecule has 1 unspecified atom stereocenters. The zero-order valence-corrected chi connectivity index (χ0v) is 13.1. The fraction of sp³-hybridized carbons (Fsp3) is 0.357. The van der Waals surface area contributed by atoms with E-state index < -0.39 is 5.92 Å². The molecule has 1 fully saturated rings. The van der Waals surface area contributed by atoms with E-state index in [4.69, 9.17) is 5.73 Å². The van der Waals surface area contributed by atoms with Crippen molar-refractivity contribution >= 4 is 35.3 Å². The number of benzene rings is 1. The lowest BCUT2D eigenvalue weighted by molar-refractivity contribution is -0.125. The second-order valence-corrected chi connectivity index (χ2v) is 5.35. The first-order valence-corrected chi connectivity index (χ1v) is 7.33. The zero-order valence-electron chi connectivity index (χ0n) is 12.2. The summed E-state index contributed by atoms with van der Waals surface area (Å²) in [4.78, 5) is 25.8. The molecule has 1 aromatic rings. The SMILES string of the molecule is CN/N=C(\S)NC(=O)C1CC(=O)N(c2ccc(CN)cc2)C1. The van der Waals surface area contributed by atoms with Gasteiger partial charge in [-0.05, 0) is 17.7 Å². The molecule has 118 valence electrons. The highest BCUT2D eigenvalue weighted by molar-refractivity contribution is 7.96. The summed E-state index contributed by atoms with van der Waals surface area (Å²) in [7, 11) is 1.61. The topological polar surface area (TPSA) is 99.8 Å². The summed E-state index contributed by atoms with van der Waals surface area (Å²) >= 11 is 4.02. The first-order chi connectivity index (χ1) is 10.5. The van der Waals surface area contributed by atoms with Gasteiger partial charge in [0.2, 0.25) is 11.8 Å². The average molecular weight is 321 g/mol. The molecule has 8 heteroatoms. The lowest BCUT2D eigenvalue weighted by Gasteiger charge is -2.17. The fourth-order valence-electron chi connectivity index (χ4n) is 2.29. The normalized spacial score (nSPS) is 18.5. The van der Waals surface area contributed by atoms with Crippen molar-refractivity contribution in [2.75, 3.05) is 18.5 Å². The molecule has 4 N–H and O–H groups in total. The second kappa shape index (κ2) is 7.28. The minimum atomic E-state index is -0.420. The van der Waals surface area contributed by atoms with Crippen molar-refractivity contribution in [3.63, 3.8) is 0 Å². The molecule has 22 heavy (non-hydrogen) atoms. The first kappa shape index (κ1) is 16.3. The monoisotopic (exact) mass is 321 g/mol. The van der Waals surface area contributed by atoms with E-state index in [0.717, 1.165) is 11.3 Å². The Balaban J connectivity index is 2.03. The third kappa shape index (κ3) is 3.77. The number of rotatable bonds is 4. The van der Waals surface area contributed by atoms with Gasteiger partial charge in [-0.2, -0.15) is 5.10 Å². The molecule has 2 amide bonds. The van der Waals surface area contributed by atoms with Crippen LogP contribution in [0.15, 0.2) is 29.4 Å². The maximum atomic E-state index is 12.1. The Kier molecular flexibility index (Phi) is 5.40. The van der Waals surface area contributed by atoms with Gasteiger partial charge in [-0.3, -0.25) is 9.59 Å². The second-order valence-electron chi connectivity index (χ2n) is 4.92. The molecule has 1 aliphatic heterocycles. The minimum absolute atomic E-state index is 0.0769. The molecule has 0 radical (unpaired) electrons. The van der Waals surface area contributed by atoms with Gasteiger partial charge in [-0.25, -0.2) is 0 Å². The molecule has 2 rings (SSSR count). The number of hydrogen-bond donors (Lipinski definition) is 4. The van der Waals surface area contributed by atoms with E-state index >= 15 is 0 Å². The molecule has 0 aromatic heterocycles. The van der Waals surface area contributed by atoms with Crippen LogP contribution in [0.5, 0.6) is 0 Å². The molecule has 1 aliphatic rings. The number of carbonyl (C=O) groups is 2. The van der Waals surface area contributed by atoms with E-state index in [1.165, 1.54) is 0 Å². The number of hydrogen-bond acceptors (Lipinski definition) is 5. The van der Waals surface area contributed by atoms with Crippen LogP contribution in [0.2, 0.25) is 0 Å². The van der Waals surface area contributed by atoms with E-state index in [-0.39, 0.29) is 23.4 Å². The summed E-state index contributed by atoms with van der Waals surface area (Å²) in [6, 6.07) is 7.43. The highest BCUT2D eigenvalue weighted by atomic mass is 32.1. The first-order valence-electron chi connectivity index (χ1n) is 6.88. The zero-order chi connectivity index (χ0) is 16.1. The van der Waals surface area contributed by atoms with E-state index in [1.54, 1.807) is 11.9 Å². The largest absolute Gasteiger partial charge is 0.326 e. The Morgan fingerprint density at radius 3 is 2.73 bits per heavy atom. The summed E-state index contributed by atoms with van der Waals surface area (Å²) in [6.45, 7) is 0.794. The number of nitrogens with zero attached hydrogens (tertiary/aromatic N) is 2. The maximum Gasteiger partial charge on any atom is 0.231 e. The predicted octanol–water partition coefficient (Wildman–Crippen LogP) is 0.0346. The Bertz CT molecular complexity index is 587. The highest BCUT2D eigenvalue weighted by Gasteiger charge is 2.35. The maximum absolute atomic E-state index is 12.1. The fourth-order valence-corrected chi connectivity index (χ4v) is 2.50. The van der Waals surface area contributed by atoms with Crippen molar-refractivity contribution in [2.45, 2.75) is 13.0 Å². The van der Waals surface area contributed by atoms with Gasteiger partial charge in [-0.15, -0.1) is 12.6 Å². The van der Waals surface area contributed by atoms with Crippen molar-refractivity contribution < 1.29 is 9.59 Å². The number of hydrazone groups is 1. The highest BCUT2D eigenvalue weighted by Crippen LogP contribution is 2.25. The van der Waals surface area contributed by atoms with Crippen LogP contribution < -0.4 is 21.4 Å². The summed E-state index contributed by atoms with van der Waals surface area (Å²) in [5, 5.41) is 6.46. The van der Waals surface area contributed by atoms with Gasteiger partial charge in [0.25, 0.3) is 0 Å². The number of thiol groups is 1. The average Bonchev–Trinajstić information content (AvgIpc) is 2.89. The number of carbonyl (C=O) groups excluding carboxylic acids is 2. The molecule has 0 aliphatic carbocycles. The van der Waals surface area contributed by atoms with Gasteiger partial charge in [-0.1, -0.05) is 12.1 Å². The number of amides is 2. The van der Waals surface area contributed by atoms with Crippen LogP contribution >= 0.6 is 12.6 Å². The summed E-state index contributed by atoms with van der Waals surface area (Å²) in [6.07, 6.45) is 0.172. The van der Waals surface area contributed by atoms with E-state index in [9.17, 15) is 9.59 Å². The molecular weight excluding hydrogens is 302 g/mol. The molecule has 1 heterocycles. The summed E-state index contributed by atoms with van der Waals surface area (Å²) in [5.74, 6) is -0.763. The molecular formula is C14H19N5O2S. The van der Waals surface area contributed by atoms with Gasteiger partial charge in [0.1, 0.15) is 0 Å². The molecule has 0 spiro atoms. The van der Waals surface area contributed by atoms with Gasteiger partial charge in [0.15, 0.2) is 5.17 Å². The molecule has 0 bridgehead atoms. The predicted molar refractivity (Wildman–Crippen MR) is 88.4 cm³/mol. The number of nitrogens with one attached hydrogen (secondary N) is 2. The van der Waals surface area contributed by atoms with Crippen LogP contribution in [-0.2, 0) is 16.1 Å². The smallest absolute Gasteiger partial charge is 0.231 e. The van der Waals surface area contributed by atoms with Gasteiger partial charge < -0.3 is 21.4 Å². The van der Waals surface area contributed by atoms with Gasteiger partial charge in [0, 0.05) is 32.2 Å². The van der Waals surface area contributed by atoms with E-state index in [2.05, 4.69) is 28.5 Å². The van der Waals surface area contributed by atoms with Crippen LogP contribution in [0.3, 0.4) is 0 Å². The van der Waals surface area contributed by atoms with Crippen LogP contribution in [0.4, 0.5) is 5.69 Å². The lowest BCUT2D eigenvalue weighted by Crippen LogP contribution is -2.35. The standard InChI is InChI=1S/C14H19N5O2S/c1-16-18-14(22)17-13(21)10-6-12(20)19(8-10)11-4-2-9(7-15)3-5-11/h2-5,10,16H,6-8,15H2,1H3,(H2,17,18,21,22). The quantitative estimate of drug-likeness (QED) is 0.272. The van der Waals surface area contributed by atoms with Crippen LogP contribution in [-0.4, -0.2) is 30.6 Å². The Morgan fingerprint density at radius 2 is 2.14 bits per heavy atom. The van der Waals surface area contributed by atoms with Crippen molar-refractivity contribution in [3.05, 3.63) is 29.8 Å². The third-order valence-electron chi connectivity index (χ3n) is 3.43. The van der Waals surface area contributed by atoms with E-state index in [1.807, 2.05) is 24.3 Å². The van der Waals surface area contributed by atoms with Gasteiger partial charge in [0.05, 0.1) is 5.92 Å². The van der Waals surface area contributed by atoms with Gasteiger partial charge >= 0.3 is 0 Å². The van der Waals surface area contributed by atoms with Crippen molar-refractivity contribution in [1.82, 2.24) is 10.7 Å². The number of anilines is 1. The molecule has 7 nitrogen and oxygen atoms in total. The van der Waals surface area contributed by atoms with Crippen molar-refractivity contribution in [2.24, 2.45) is 16.8 Å². The Labute approximate surface area is 134 Å². The summed E-state index contributed by atoms with van der Waals surface area (Å²) in [5.41, 5.74) is 9.85. The van der Waals surface area contributed by atoms with Crippen molar-refractivity contribution in [1.29, 1.82) is 0 Å². The Morgan fingerprint density at radius 1 is 1.45 bits per heavy atom. The minimum Gasteiger partial charge on any atom is -0.326 e.